The number of anilines is 2. The SMILES string of the molecule is COc1ccc(N)c(NCCc2ncno2)n1. The Bertz CT molecular complexity index is 472. The van der Waals surface area contributed by atoms with E-state index >= 15 is 0 Å². The molecule has 0 aromatic carbocycles. The van der Waals surface area contributed by atoms with Gasteiger partial charge in [-0.25, -0.2) is 0 Å². The molecular formula is C10H13N5O2. The highest BCUT2D eigenvalue weighted by atomic mass is 16.5. The van der Waals surface area contributed by atoms with E-state index in [9.17, 15) is 0 Å². The second kappa shape index (κ2) is 5.15. The molecule has 2 rings (SSSR count). The number of nitrogens with one attached hydrogen (secondary N) is 1. The molecule has 0 amide bonds. The molecular weight excluding hydrogens is 222 g/mol. The van der Waals surface area contributed by atoms with Gasteiger partial charge in [-0.05, 0) is 6.07 Å². The monoisotopic (exact) mass is 235 g/mol. The number of pyridine rings is 1. The van der Waals surface area contributed by atoms with Crippen molar-refractivity contribution in [2.24, 2.45) is 0 Å². The van der Waals surface area contributed by atoms with Crippen molar-refractivity contribution in [1.29, 1.82) is 0 Å². The molecule has 0 aliphatic rings. The molecule has 0 atom stereocenters. The number of hydrogen-bond donors (Lipinski definition) is 2. The molecule has 7 heteroatoms. The Hall–Kier alpha value is -2.31. The molecule has 0 saturated heterocycles. The van der Waals surface area contributed by atoms with Crippen molar-refractivity contribution in [3.8, 4) is 5.88 Å². The summed E-state index contributed by atoms with van der Waals surface area (Å²) in [5, 5.41) is 6.60. The first-order valence-electron chi connectivity index (χ1n) is 5.09. The lowest BCUT2D eigenvalue weighted by Crippen LogP contribution is -2.09. The number of nitrogens with two attached hydrogens (primary N) is 1. The van der Waals surface area contributed by atoms with E-state index in [1.165, 1.54) is 6.33 Å². The smallest absolute Gasteiger partial charge is 0.228 e. The fraction of sp³-hybridized carbons (Fsp3) is 0.300. The van der Waals surface area contributed by atoms with Crippen LogP contribution in [0.15, 0.2) is 23.0 Å². The molecule has 0 spiro atoms. The van der Waals surface area contributed by atoms with Gasteiger partial charge in [0, 0.05) is 19.0 Å². The number of nitrogens with zero attached hydrogens (tertiary/aromatic N) is 3. The molecule has 90 valence electrons. The average Bonchev–Trinajstić information content (AvgIpc) is 2.84. The van der Waals surface area contributed by atoms with Crippen LogP contribution in [0.5, 0.6) is 5.88 Å². The lowest BCUT2D eigenvalue weighted by atomic mass is 10.3. The normalized spacial score (nSPS) is 10.2. The third-order valence-corrected chi connectivity index (χ3v) is 2.15. The van der Waals surface area contributed by atoms with E-state index in [4.69, 9.17) is 15.0 Å². The molecule has 0 fully saturated rings. The number of ether oxygens (including phenoxy) is 1. The van der Waals surface area contributed by atoms with Gasteiger partial charge >= 0.3 is 0 Å². The van der Waals surface area contributed by atoms with Gasteiger partial charge in [0.15, 0.2) is 12.1 Å². The Morgan fingerprint density at radius 3 is 3.06 bits per heavy atom. The van der Waals surface area contributed by atoms with Crippen molar-refractivity contribution in [2.75, 3.05) is 24.7 Å². The van der Waals surface area contributed by atoms with Gasteiger partial charge in [0.1, 0.15) is 0 Å². The Labute approximate surface area is 98.0 Å². The van der Waals surface area contributed by atoms with E-state index < -0.39 is 0 Å². The van der Waals surface area contributed by atoms with Crippen LogP contribution in [0, 0.1) is 0 Å². The summed E-state index contributed by atoms with van der Waals surface area (Å²) in [7, 11) is 1.56. The lowest BCUT2D eigenvalue weighted by molar-refractivity contribution is 0.379. The molecule has 2 aromatic heterocycles. The van der Waals surface area contributed by atoms with E-state index in [1.807, 2.05) is 0 Å². The molecule has 0 radical (unpaired) electrons. The van der Waals surface area contributed by atoms with E-state index in [-0.39, 0.29) is 0 Å². The maximum Gasteiger partial charge on any atom is 0.228 e. The summed E-state index contributed by atoms with van der Waals surface area (Å²) in [5.41, 5.74) is 6.34. The summed E-state index contributed by atoms with van der Waals surface area (Å²) in [5.74, 6) is 1.67. The summed E-state index contributed by atoms with van der Waals surface area (Å²) < 4.78 is 9.88. The molecule has 7 nitrogen and oxygen atoms in total. The van der Waals surface area contributed by atoms with Crippen molar-refractivity contribution in [2.45, 2.75) is 6.42 Å². The standard InChI is InChI=1S/C10H13N5O2/c1-16-9-3-2-7(11)10(15-9)12-5-4-8-13-6-14-17-8/h2-3,6H,4-5,11H2,1H3,(H,12,15). The summed E-state index contributed by atoms with van der Waals surface area (Å²) in [4.78, 5) is 8.09. The first-order valence-corrected chi connectivity index (χ1v) is 5.09. The predicted molar refractivity (Wildman–Crippen MR) is 61.7 cm³/mol. The third-order valence-electron chi connectivity index (χ3n) is 2.15. The minimum atomic E-state index is 0.513. The minimum Gasteiger partial charge on any atom is -0.481 e. The van der Waals surface area contributed by atoms with Gasteiger partial charge in [0.05, 0.1) is 12.8 Å². The van der Waals surface area contributed by atoms with E-state index in [2.05, 4.69) is 20.4 Å². The van der Waals surface area contributed by atoms with Crippen molar-refractivity contribution in [3.63, 3.8) is 0 Å². The quantitative estimate of drug-likeness (QED) is 0.787. The van der Waals surface area contributed by atoms with Crippen LogP contribution >= 0.6 is 0 Å². The lowest BCUT2D eigenvalue weighted by Gasteiger charge is -2.08. The van der Waals surface area contributed by atoms with Crippen LogP contribution in [0.3, 0.4) is 0 Å². The topological polar surface area (TPSA) is 99.1 Å². The van der Waals surface area contributed by atoms with Gasteiger partial charge in [-0.3, -0.25) is 0 Å². The summed E-state index contributed by atoms with van der Waals surface area (Å²) in [6, 6.07) is 3.44. The van der Waals surface area contributed by atoms with E-state index in [0.717, 1.165) is 0 Å². The van der Waals surface area contributed by atoms with Crippen molar-refractivity contribution < 1.29 is 9.26 Å². The maximum atomic E-state index is 5.77. The van der Waals surface area contributed by atoms with Crippen LogP contribution in [-0.2, 0) is 6.42 Å². The van der Waals surface area contributed by atoms with Gasteiger partial charge in [0.25, 0.3) is 0 Å². The van der Waals surface area contributed by atoms with Crippen molar-refractivity contribution >= 4 is 11.5 Å². The van der Waals surface area contributed by atoms with Crippen LogP contribution in [0.1, 0.15) is 5.89 Å². The summed E-state index contributed by atoms with van der Waals surface area (Å²) >= 11 is 0. The van der Waals surface area contributed by atoms with Crippen LogP contribution in [-0.4, -0.2) is 28.8 Å². The predicted octanol–water partition coefficient (Wildman–Crippen LogP) is 0.710. The number of rotatable bonds is 5. The fourth-order valence-corrected chi connectivity index (χ4v) is 1.30. The molecule has 0 saturated carbocycles. The first kappa shape index (κ1) is 11.2. The zero-order chi connectivity index (χ0) is 12.1. The van der Waals surface area contributed by atoms with Gasteiger partial charge in [0.2, 0.25) is 11.8 Å². The number of aromatic nitrogens is 3. The first-order chi connectivity index (χ1) is 8.29. The highest BCUT2D eigenvalue weighted by molar-refractivity contribution is 5.61. The Kier molecular flexibility index (Phi) is 3.39. The molecule has 0 aliphatic heterocycles. The Morgan fingerprint density at radius 1 is 1.47 bits per heavy atom. The molecule has 0 aliphatic carbocycles. The van der Waals surface area contributed by atoms with Gasteiger partial charge in [-0.1, -0.05) is 5.16 Å². The van der Waals surface area contributed by atoms with Crippen LogP contribution in [0.4, 0.5) is 11.5 Å². The average molecular weight is 235 g/mol. The van der Waals surface area contributed by atoms with E-state index in [1.54, 1.807) is 19.2 Å². The second-order valence-corrected chi connectivity index (χ2v) is 3.30. The minimum absolute atomic E-state index is 0.513. The Balaban J connectivity index is 1.94. The highest BCUT2D eigenvalue weighted by Gasteiger charge is 2.04. The number of hydrogen-bond acceptors (Lipinski definition) is 7. The molecule has 17 heavy (non-hydrogen) atoms. The number of nitrogen functional groups attached to an aromatic ring is 1. The zero-order valence-corrected chi connectivity index (χ0v) is 9.38. The summed E-state index contributed by atoms with van der Waals surface area (Å²) in [6.45, 7) is 0.604. The van der Waals surface area contributed by atoms with Gasteiger partial charge in [-0.2, -0.15) is 9.97 Å². The van der Waals surface area contributed by atoms with Crippen LogP contribution in [0.25, 0.3) is 0 Å². The highest BCUT2D eigenvalue weighted by Crippen LogP contribution is 2.19. The summed E-state index contributed by atoms with van der Waals surface area (Å²) in [6.07, 6.45) is 1.98. The molecule has 2 aromatic rings. The van der Waals surface area contributed by atoms with Crippen LogP contribution in [0.2, 0.25) is 0 Å². The van der Waals surface area contributed by atoms with Crippen molar-refractivity contribution in [1.82, 2.24) is 15.1 Å². The zero-order valence-electron chi connectivity index (χ0n) is 9.38. The molecule has 0 unspecified atom stereocenters. The largest absolute Gasteiger partial charge is 0.481 e. The molecule has 2 heterocycles. The molecule has 3 N–H and O–H groups in total. The second-order valence-electron chi connectivity index (χ2n) is 3.30. The fourth-order valence-electron chi connectivity index (χ4n) is 1.30. The van der Waals surface area contributed by atoms with E-state index in [0.29, 0.717) is 36.2 Å². The van der Waals surface area contributed by atoms with Crippen molar-refractivity contribution in [3.05, 3.63) is 24.4 Å². The third kappa shape index (κ3) is 2.83. The van der Waals surface area contributed by atoms with Crippen LogP contribution < -0.4 is 15.8 Å². The Morgan fingerprint density at radius 2 is 2.35 bits per heavy atom. The molecule has 0 bridgehead atoms. The van der Waals surface area contributed by atoms with Gasteiger partial charge < -0.3 is 20.3 Å². The van der Waals surface area contributed by atoms with Gasteiger partial charge in [-0.15, -0.1) is 0 Å². The number of methoxy groups -OCH3 is 1. The maximum absolute atomic E-state index is 5.77.